The summed E-state index contributed by atoms with van der Waals surface area (Å²) in [7, 11) is 0. The molecule has 0 spiro atoms. The van der Waals surface area contributed by atoms with Crippen LogP contribution in [0.3, 0.4) is 0 Å². The second-order valence-corrected chi connectivity index (χ2v) is 7.45. The van der Waals surface area contributed by atoms with Crippen LogP contribution in [0, 0.1) is 5.92 Å². The summed E-state index contributed by atoms with van der Waals surface area (Å²) >= 11 is 1.53. The van der Waals surface area contributed by atoms with Crippen molar-refractivity contribution >= 4 is 23.2 Å². The number of hydrogen-bond acceptors (Lipinski definition) is 4. The lowest BCUT2D eigenvalue weighted by Gasteiger charge is -2.22. The lowest BCUT2D eigenvalue weighted by atomic mass is 10.2. The second-order valence-electron chi connectivity index (χ2n) is 6.37. The van der Waals surface area contributed by atoms with E-state index in [9.17, 15) is 9.59 Å². The predicted molar refractivity (Wildman–Crippen MR) is 86.1 cm³/mol. The number of amides is 2. The van der Waals surface area contributed by atoms with Gasteiger partial charge in [-0.2, -0.15) is 0 Å². The van der Waals surface area contributed by atoms with E-state index in [1.165, 1.54) is 16.2 Å². The maximum absolute atomic E-state index is 12.4. The molecule has 120 valence electrons. The molecule has 0 atom stereocenters. The van der Waals surface area contributed by atoms with Crippen LogP contribution < -0.4 is 0 Å². The minimum atomic E-state index is 0.0383. The fourth-order valence-electron chi connectivity index (χ4n) is 3.10. The largest absolute Gasteiger partial charge is 0.342 e. The Labute approximate surface area is 135 Å². The Balaban J connectivity index is 1.70. The van der Waals surface area contributed by atoms with Crippen LogP contribution in [0.4, 0.5) is 0 Å². The summed E-state index contributed by atoms with van der Waals surface area (Å²) in [6.45, 7) is 7.05. The van der Waals surface area contributed by atoms with E-state index in [2.05, 4.69) is 4.98 Å². The molecule has 0 radical (unpaired) electrons. The molecule has 2 aliphatic heterocycles. The van der Waals surface area contributed by atoms with E-state index in [-0.39, 0.29) is 17.7 Å². The van der Waals surface area contributed by atoms with Crippen molar-refractivity contribution in [2.45, 2.75) is 39.5 Å². The molecule has 2 aliphatic rings. The number of hydrogen-bond donors (Lipinski definition) is 0. The quantitative estimate of drug-likeness (QED) is 0.837. The first-order valence-corrected chi connectivity index (χ1v) is 8.94. The van der Waals surface area contributed by atoms with Gasteiger partial charge in [0.1, 0.15) is 0 Å². The van der Waals surface area contributed by atoms with Gasteiger partial charge < -0.3 is 9.80 Å². The van der Waals surface area contributed by atoms with E-state index < -0.39 is 0 Å². The van der Waals surface area contributed by atoms with Crippen LogP contribution >= 0.6 is 11.3 Å². The second kappa shape index (κ2) is 6.36. The summed E-state index contributed by atoms with van der Waals surface area (Å²) in [6, 6.07) is 0. The maximum atomic E-state index is 12.4. The van der Waals surface area contributed by atoms with Gasteiger partial charge in [-0.15, -0.1) is 11.3 Å². The van der Waals surface area contributed by atoms with E-state index in [1.807, 2.05) is 23.6 Å². The molecule has 0 N–H and O–H groups in total. The predicted octanol–water partition coefficient (Wildman–Crippen LogP) is 1.96. The summed E-state index contributed by atoms with van der Waals surface area (Å²) in [4.78, 5) is 34.1. The molecule has 3 heterocycles. The summed E-state index contributed by atoms with van der Waals surface area (Å²) < 4.78 is 0. The molecule has 5 nitrogen and oxygen atoms in total. The summed E-state index contributed by atoms with van der Waals surface area (Å²) in [5, 5.41) is 0.635. The Hall–Kier alpha value is -1.43. The molecule has 22 heavy (non-hydrogen) atoms. The van der Waals surface area contributed by atoms with Gasteiger partial charge in [0.15, 0.2) is 5.01 Å². The zero-order valence-electron chi connectivity index (χ0n) is 13.3. The Morgan fingerprint density at radius 2 is 1.73 bits per heavy atom. The fraction of sp³-hybridized carbons (Fsp3) is 0.688. The van der Waals surface area contributed by atoms with Crippen molar-refractivity contribution in [2.75, 3.05) is 26.2 Å². The highest BCUT2D eigenvalue weighted by Gasteiger charge is 2.27. The highest BCUT2D eigenvalue weighted by molar-refractivity contribution is 7.13. The molecule has 6 heteroatoms. The minimum absolute atomic E-state index is 0.0383. The first-order chi connectivity index (χ1) is 10.6. The number of fused-ring (bicyclic) bond motifs is 1. The van der Waals surface area contributed by atoms with Gasteiger partial charge in [0.05, 0.1) is 5.69 Å². The summed E-state index contributed by atoms with van der Waals surface area (Å²) in [5.74, 6) is 0.339. The fourth-order valence-corrected chi connectivity index (χ4v) is 4.16. The third-order valence-corrected chi connectivity index (χ3v) is 5.53. The van der Waals surface area contributed by atoms with Crippen molar-refractivity contribution in [1.82, 2.24) is 14.8 Å². The molecular formula is C16H23N3O2S. The van der Waals surface area contributed by atoms with Crippen LogP contribution in [-0.4, -0.2) is 52.8 Å². The van der Waals surface area contributed by atoms with Crippen molar-refractivity contribution in [3.05, 3.63) is 15.6 Å². The van der Waals surface area contributed by atoms with Crippen molar-refractivity contribution in [2.24, 2.45) is 5.92 Å². The number of rotatable bonds is 2. The van der Waals surface area contributed by atoms with Crippen LogP contribution in [0.5, 0.6) is 0 Å². The van der Waals surface area contributed by atoms with Crippen molar-refractivity contribution < 1.29 is 9.59 Å². The highest BCUT2D eigenvalue weighted by atomic mass is 32.1. The zero-order chi connectivity index (χ0) is 15.7. The molecule has 3 rings (SSSR count). The van der Waals surface area contributed by atoms with Gasteiger partial charge in [0.2, 0.25) is 5.91 Å². The Kier molecular flexibility index (Phi) is 4.47. The molecular weight excluding hydrogens is 298 g/mol. The average Bonchev–Trinajstić information content (AvgIpc) is 3.12. The number of carbonyl (C=O) groups is 2. The maximum Gasteiger partial charge on any atom is 0.282 e. The van der Waals surface area contributed by atoms with Gasteiger partial charge in [-0.25, -0.2) is 4.98 Å². The van der Waals surface area contributed by atoms with E-state index in [0.717, 1.165) is 51.0 Å². The van der Waals surface area contributed by atoms with Crippen LogP contribution in [-0.2, 0) is 17.6 Å². The van der Waals surface area contributed by atoms with Crippen LogP contribution in [0.1, 0.15) is 47.1 Å². The first kappa shape index (κ1) is 15.5. The molecule has 1 fully saturated rings. The minimum Gasteiger partial charge on any atom is -0.342 e. The van der Waals surface area contributed by atoms with E-state index >= 15 is 0 Å². The summed E-state index contributed by atoms with van der Waals surface area (Å²) in [6.07, 6.45) is 3.78. The SMILES string of the molecule is CC(C)C(=O)N1CCc2nc(C(=O)N3CCCC3)sc2CC1. The van der Waals surface area contributed by atoms with Gasteiger partial charge in [-0.05, 0) is 12.8 Å². The Morgan fingerprint density at radius 1 is 1.05 bits per heavy atom. The number of aromatic nitrogens is 1. The Morgan fingerprint density at radius 3 is 2.41 bits per heavy atom. The first-order valence-electron chi connectivity index (χ1n) is 8.13. The number of likely N-dealkylation sites (tertiary alicyclic amines) is 1. The molecule has 0 aliphatic carbocycles. The van der Waals surface area contributed by atoms with Crippen LogP contribution in [0.2, 0.25) is 0 Å². The Bertz CT molecular complexity index is 550. The third kappa shape index (κ3) is 3.02. The third-order valence-electron chi connectivity index (χ3n) is 4.39. The van der Waals surface area contributed by atoms with Gasteiger partial charge in [-0.1, -0.05) is 13.8 Å². The number of nitrogens with zero attached hydrogens (tertiary/aromatic N) is 3. The van der Waals surface area contributed by atoms with Crippen LogP contribution in [0.15, 0.2) is 0 Å². The molecule has 1 aromatic rings. The molecule has 1 saturated heterocycles. The topological polar surface area (TPSA) is 53.5 Å². The van der Waals surface area contributed by atoms with Crippen molar-refractivity contribution in [3.63, 3.8) is 0 Å². The molecule has 1 aromatic heterocycles. The number of carbonyl (C=O) groups excluding carboxylic acids is 2. The smallest absolute Gasteiger partial charge is 0.282 e. The molecule has 0 unspecified atom stereocenters. The summed E-state index contributed by atoms with van der Waals surface area (Å²) in [5.41, 5.74) is 1.02. The van der Waals surface area contributed by atoms with Crippen molar-refractivity contribution in [3.8, 4) is 0 Å². The van der Waals surface area contributed by atoms with E-state index in [0.29, 0.717) is 11.6 Å². The van der Waals surface area contributed by atoms with Gasteiger partial charge >= 0.3 is 0 Å². The lowest BCUT2D eigenvalue weighted by molar-refractivity contribution is -0.134. The molecule has 0 aromatic carbocycles. The number of thiazole rings is 1. The van der Waals surface area contributed by atoms with E-state index in [4.69, 9.17) is 0 Å². The standard InChI is InChI=1S/C16H23N3O2S/c1-11(2)15(20)19-9-5-12-13(6-10-19)22-14(17-12)16(21)18-7-3-4-8-18/h11H,3-10H2,1-2H3. The normalized spacial score (nSPS) is 18.5. The molecule has 0 bridgehead atoms. The lowest BCUT2D eigenvalue weighted by Crippen LogP contribution is -2.36. The van der Waals surface area contributed by atoms with Crippen molar-refractivity contribution in [1.29, 1.82) is 0 Å². The van der Waals surface area contributed by atoms with Gasteiger partial charge in [0.25, 0.3) is 5.91 Å². The van der Waals surface area contributed by atoms with Crippen LogP contribution in [0.25, 0.3) is 0 Å². The monoisotopic (exact) mass is 321 g/mol. The van der Waals surface area contributed by atoms with Gasteiger partial charge in [-0.3, -0.25) is 9.59 Å². The van der Waals surface area contributed by atoms with E-state index in [1.54, 1.807) is 0 Å². The van der Waals surface area contributed by atoms with Gasteiger partial charge in [0, 0.05) is 49.8 Å². The molecule has 0 saturated carbocycles. The molecule has 2 amide bonds. The average molecular weight is 321 g/mol. The zero-order valence-corrected chi connectivity index (χ0v) is 14.1. The highest BCUT2D eigenvalue weighted by Crippen LogP contribution is 2.25.